The van der Waals surface area contributed by atoms with Crippen LogP contribution < -0.4 is 10.6 Å². The smallest absolute Gasteiger partial charge is 0.242 e. The lowest BCUT2D eigenvalue weighted by Crippen LogP contribution is -2.52. The van der Waals surface area contributed by atoms with E-state index < -0.39 is 0 Å². The Bertz CT molecular complexity index is 712. The van der Waals surface area contributed by atoms with Crippen molar-refractivity contribution in [1.29, 1.82) is 0 Å². The van der Waals surface area contributed by atoms with Crippen LogP contribution in [0.5, 0.6) is 0 Å². The molecule has 0 saturated carbocycles. The van der Waals surface area contributed by atoms with Crippen molar-refractivity contribution in [3.8, 4) is 0 Å². The Morgan fingerprint density at radius 2 is 2.04 bits per heavy atom. The molecule has 10 heteroatoms. The van der Waals surface area contributed by atoms with Gasteiger partial charge in [-0.3, -0.25) is 9.69 Å². The normalized spacial score (nSPS) is 15.2. The van der Waals surface area contributed by atoms with Gasteiger partial charge in [-0.05, 0) is 19.1 Å². The van der Waals surface area contributed by atoms with Gasteiger partial charge in [-0.2, -0.15) is 0 Å². The number of nitrogens with zero attached hydrogens (tertiary/aromatic N) is 4. The molecule has 2 aromatic rings. The van der Waals surface area contributed by atoms with Gasteiger partial charge < -0.3 is 24.5 Å². The van der Waals surface area contributed by atoms with Crippen LogP contribution in [0.15, 0.2) is 44.7 Å². The Morgan fingerprint density at radius 1 is 1.21 bits per heavy atom. The second-order valence-electron chi connectivity index (χ2n) is 6.28. The van der Waals surface area contributed by atoms with Crippen LogP contribution in [-0.4, -0.2) is 66.1 Å². The zero-order valence-corrected chi connectivity index (χ0v) is 18.3. The highest BCUT2D eigenvalue weighted by Gasteiger charge is 2.20. The molecule has 1 aliphatic rings. The molecule has 0 bridgehead atoms. The first-order valence-electron chi connectivity index (χ1n) is 9.18. The number of piperazine rings is 1. The van der Waals surface area contributed by atoms with Gasteiger partial charge in [0.05, 0.1) is 18.5 Å². The molecule has 9 nitrogen and oxygen atoms in total. The molecule has 0 radical (unpaired) electrons. The van der Waals surface area contributed by atoms with Gasteiger partial charge in [-0.1, -0.05) is 5.16 Å². The van der Waals surface area contributed by atoms with E-state index in [1.54, 1.807) is 18.6 Å². The fourth-order valence-electron chi connectivity index (χ4n) is 2.89. The molecule has 154 valence electrons. The quantitative estimate of drug-likeness (QED) is 0.335. The summed E-state index contributed by atoms with van der Waals surface area (Å²) >= 11 is 0. The summed E-state index contributed by atoms with van der Waals surface area (Å²) in [6.45, 7) is 7.52. The van der Waals surface area contributed by atoms with Crippen LogP contribution in [0, 0.1) is 0 Å². The van der Waals surface area contributed by atoms with Crippen LogP contribution in [-0.2, 0) is 17.9 Å². The van der Waals surface area contributed by atoms with Gasteiger partial charge in [0.15, 0.2) is 5.96 Å². The molecular formula is C18H27IN6O3. The Balaban J connectivity index is 0.00000280. The zero-order valence-electron chi connectivity index (χ0n) is 16.0. The van der Waals surface area contributed by atoms with Gasteiger partial charge in [0, 0.05) is 45.3 Å². The second-order valence-corrected chi connectivity index (χ2v) is 6.28. The summed E-state index contributed by atoms with van der Waals surface area (Å²) in [5, 5.41) is 10.0. The molecule has 28 heavy (non-hydrogen) atoms. The average Bonchev–Trinajstić information content (AvgIpc) is 3.38. The van der Waals surface area contributed by atoms with Crippen LogP contribution >= 0.6 is 24.0 Å². The molecule has 3 heterocycles. The first-order valence-corrected chi connectivity index (χ1v) is 9.18. The van der Waals surface area contributed by atoms with Crippen LogP contribution in [0.1, 0.15) is 18.4 Å². The maximum atomic E-state index is 12.0. The van der Waals surface area contributed by atoms with Gasteiger partial charge in [-0.15, -0.1) is 24.0 Å². The highest BCUT2D eigenvalue weighted by Crippen LogP contribution is 2.07. The van der Waals surface area contributed by atoms with E-state index in [1.807, 2.05) is 19.1 Å². The van der Waals surface area contributed by atoms with E-state index in [2.05, 4.69) is 30.6 Å². The van der Waals surface area contributed by atoms with Crippen LogP contribution in [0.3, 0.4) is 0 Å². The number of carbonyl (C=O) groups is 1. The number of halogens is 1. The topological polar surface area (TPSA) is 99.1 Å². The lowest BCUT2D eigenvalue weighted by Gasteiger charge is -2.36. The average molecular weight is 502 g/mol. The minimum absolute atomic E-state index is 0. The minimum atomic E-state index is -0.133. The third kappa shape index (κ3) is 6.82. The van der Waals surface area contributed by atoms with E-state index in [1.165, 1.54) is 0 Å². The molecule has 2 N–H and O–H groups in total. The third-order valence-corrected chi connectivity index (χ3v) is 4.30. The standard InChI is InChI=1S/C18H26N6O3.HI/c1-2-19-18(21-13-17(25)20-12-16-4-3-10-26-16)24-8-6-23(7-9-24)14-15-5-11-27-22-15;/h3-5,10-11H,2,6-9,12-14H2,1H3,(H,19,21)(H,20,25);1H. The number of rotatable bonds is 7. The number of aliphatic imine (C=N–C) groups is 1. The van der Waals surface area contributed by atoms with Crippen LogP contribution in [0.2, 0.25) is 0 Å². The maximum absolute atomic E-state index is 12.0. The molecule has 0 aromatic carbocycles. The van der Waals surface area contributed by atoms with Crippen molar-refractivity contribution in [1.82, 2.24) is 25.6 Å². The number of nitrogens with one attached hydrogen (secondary N) is 2. The SMILES string of the molecule is CCNC(=NCC(=O)NCc1ccco1)N1CCN(Cc2ccon2)CC1.I. The van der Waals surface area contributed by atoms with E-state index in [0.717, 1.165) is 56.7 Å². The second kappa shape index (κ2) is 11.7. The van der Waals surface area contributed by atoms with Crippen LogP contribution in [0.25, 0.3) is 0 Å². The summed E-state index contributed by atoms with van der Waals surface area (Å²) in [5.41, 5.74) is 0.942. The van der Waals surface area contributed by atoms with Crippen molar-refractivity contribution in [3.63, 3.8) is 0 Å². The third-order valence-electron chi connectivity index (χ3n) is 4.30. The molecular weight excluding hydrogens is 475 g/mol. The van der Waals surface area contributed by atoms with Gasteiger partial charge in [-0.25, -0.2) is 4.99 Å². The zero-order chi connectivity index (χ0) is 18.9. The molecule has 0 spiro atoms. The summed E-state index contributed by atoms with van der Waals surface area (Å²) < 4.78 is 10.1. The predicted octanol–water partition coefficient (Wildman–Crippen LogP) is 1.29. The molecule has 1 amide bonds. The molecule has 1 saturated heterocycles. The first kappa shape index (κ1) is 22.2. The molecule has 1 aliphatic heterocycles. The summed E-state index contributed by atoms with van der Waals surface area (Å²) in [6.07, 6.45) is 3.18. The number of aromatic nitrogens is 1. The molecule has 0 unspecified atom stereocenters. The van der Waals surface area contributed by atoms with Gasteiger partial charge in [0.2, 0.25) is 5.91 Å². The number of hydrogen-bond acceptors (Lipinski definition) is 6. The van der Waals surface area contributed by atoms with E-state index in [9.17, 15) is 4.79 Å². The van der Waals surface area contributed by atoms with Crippen molar-refractivity contribution >= 4 is 35.8 Å². The minimum Gasteiger partial charge on any atom is -0.467 e. The largest absolute Gasteiger partial charge is 0.467 e. The van der Waals surface area contributed by atoms with Gasteiger partial charge in [0.1, 0.15) is 18.6 Å². The predicted molar refractivity (Wildman–Crippen MR) is 115 cm³/mol. The summed E-state index contributed by atoms with van der Waals surface area (Å²) in [5.74, 6) is 1.36. The Hall–Kier alpha value is -2.08. The fraction of sp³-hybridized carbons (Fsp3) is 0.500. The number of guanidine groups is 1. The maximum Gasteiger partial charge on any atom is 0.242 e. The molecule has 0 aliphatic carbocycles. The number of hydrogen-bond donors (Lipinski definition) is 2. The molecule has 1 fully saturated rings. The molecule has 3 rings (SSSR count). The van der Waals surface area contributed by atoms with E-state index in [0.29, 0.717) is 6.54 Å². The van der Waals surface area contributed by atoms with E-state index in [-0.39, 0.29) is 36.4 Å². The Kier molecular flexibility index (Phi) is 9.28. The van der Waals surface area contributed by atoms with Crippen molar-refractivity contribution < 1.29 is 13.7 Å². The van der Waals surface area contributed by atoms with Crippen molar-refractivity contribution in [2.45, 2.75) is 20.0 Å². The Labute approximate surface area is 181 Å². The lowest BCUT2D eigenvalue weighted by molar-refractivity contribution is -0.119. The number of furan rings is 1. The summed E-state index contributed by atoms with van der Waals surface area (Å²) in [7, 11) is 0. The summed E-state index contributed by atoms with van der Waals surface area (Å²) in [4.78, 5) is 21.0. The monoisotopic (exact) mass is 502 g/mol. The lowest BCUT2D eigenvalue weighted by atomic mass is 10.3. The molecule has 0 atom stereocenters. The van der Waals surface area contributed by atoms with E-state index >= 15 is 0 Å². The summed E-state index contributed by atoms with van der Waals surface area (Å²) in [6, 6.07) is 5.51. The van der Waals surface area contributed by atoms with Crippen LogP contribution in [0.4, 0.5) is 0 Å². The number of carbonyl (C=O) groups excluding carboxylic acids is 1. The highest BCUT2D eigenvalue weighted by molar-refractivity contribution is 14.0. The molecule has 2 aromatic heterocycles. The fourth-order valence-corrected chi connectivity index (χ4v) is 2.89. The van der Waals surface area contributed by atoms with Crippen molar-refractivity contribution in [3.05, 3.63) is 42.2 Å². The van der Waals surface area contributed by atoms with Gasteiger partial charge in [0.25, 0.3) is 0 Å². The highest BCUT2D eigenvalue weighted by atomic mass is 127. The van der Waals surface area contributed by atoms with E-state index in [4.69, 9.17) is 8.94 Å². The van der Waals surface area contributed by atoms with Gasteiger partial charge >= 0.3 is 0 Å². The first-order chi connectivity index (χ1) is 13.2. The number of amides is 1. The Morgan fingerprint density at radius 3 is 2.68 bits per heavy atom. The van der Waals surface area contributed by atoms with Crippen molar-refractivity contribution in [2.24, 2.45) is 4.99 Å². The van der Waals surface area contributed by atoms with Crippen molar-refractivity contribution in [2.75, 3.05) is 39.3 Å².